The number of hydrogen-bond acceptors (Lipinski definition) is 4. The van der Waals surface area contributed by atoms with Crippen LogP contribution in [0.15, 0.2) is 18.2 Å². The van der Waals surface area contributed by atoms with Crippen LogP contribution >= 0.6 is 0 Å². The zero-order valence-electron chi connectivity index (χ0n) is 9.60. The number of rotatable bonds is 2. The maximum atomic E-state index is 8.93. The van der Waals surface area contributed by atoms with Crippen LogP contribution in [0.4, 0.5) is 5.69 Å². The van der Waals surface area contributed by atoms with Crippen LogP contribution in [-0.2, 0) is 4.74 Å². The molecule has 86 valence electrons. The lowest BCUT2D eigenvalue weighted by atomic mass is 10.1. The Morgan fingerprint density at radius 2 is 2.06 bits per heavy atom. The van der Waals surface area contributed by atoms with Gasteiger partial charge in [-0.05, 0) is 31.5 Å². The Morgan fingerprint density at radius 3 is 2.65 bits per heavy atom. The predicted molar refractivity (Wildman–Crippen MR) is 63.3 cm³/mol. The van der Waals surface area contributed by atoms with Gasteiger partial charge in [-0.3, -0.25) is 0 Å². The standard InChI is InChI=1S/C13H13N3O/c1-9-13(4-5-17-9)16-12-3-2-10(7-14)11(6-12)8-15/h2-3,6,9,13,16H,4-5H2,1H3. The molecule has 1 fully saturated rings. The van der Waals surface area contributed by atoms with Gasteiger partial charge in [0.25, 0.3) is 0 Å². The van der Waals surface area contributed by atoms with Crippen molar-refractivity contribution in [1.82, 2.24) is 0 Å². The molecule has 0 aromatic heterocycles. The van der Waals surface area contributed by atoms with Gasteiger partial charge in [-0.2, -0.15) is 10.5 Å². The summed E-state index contributed by atoms with van der Waals surface area (Å²) in [5.74, 6) is 0. The molecule has 4 heteroatoms. The SMILES string of the molecule is CC1OCCC1Nc1ccc(C#N)c(C#N)c1. The van der Waals surface area contributed by atoms with Gasteiger partial charge in [0, 0.05) is 12.3 Å². The highest BCUT2D eigenvalue weighted by Gasteiger charge is 2.23. The minimum atomic E-state index is 0.177. The Labute approximate surface area is 100 Å². The van der Waals surface area contributed by atoms with Crippen molar-refractivity contribution < 1.29 is 4.74 Å². The Balaban J connectivity index is 2.18. The first-order valence-electron chi connectivity index (χ1n) is 5.57. The lowest BCUT2D eigenvalue weighted by molar-refractivity contribution is 0.121. The molecule has 17 heavy (non-hydrogen) atoms. The molecule has 2 rings (SSSR count). The molecular formula is C13H13N3O. The molecule has 0 spiro atoms. The smallest absolute Gasteiger partial charge is 0.101 e. The fourth-order valence-corrected chi connectivity index (χ4v) is 1.96. The van der Waals surface area contributed by atoms with E-state index in [0.717, 1.165) is 18.7 Å². The molecule has 1 N–H and O–H groups in total. The van der Waals surface area contributed by atoms with Gasteiger partial charge in [0.1, 0.15) is 12.1 Å². The largest absolute Gasteiger partial charge is 0.380 e. The molecule has 1 saturated heterocycles. The first-order chi connectivity index (χ1) is 8.24. The molecular weight excluding hydrogens is 214 g/mol. The monoisotopic (exact) mass is 227 g/mol. The van der Waals surface area contributed by atoms with E-state index in [1.807, 2.05) is 25.1 Å². The number of nitrogens with zero attached hydrogens (tertiary/aromatic N) is 2. The van der Waals surface area contributed by atoms with E-state index in [2.05, 4.69) is 5.32 Å². The third kappa shape index (κ3) is 2.38. The van der Waals surface area contributed by atoms with Gasteiger partial charge in [0.2, 0.25) is 0 Å². The van der Waals surface area contributed by atoms with E-state index in [4.69, 9.17) is 15.3 Å². The van der Waals surface area contributed by atoms with Gasteiger partial charge in [-0.25, -0.2) is 0 Å². The van der Waals surface area contributed by atoms with Crippen molar-refractivity contribution in [2.75, 3.05) is 11.9 Å². The first-order valence-corrected chi connectivity index (χ1v) is 5.57. The van der Waals surface area contributed by atoms with Gasteiger partial charge in [-0.1, -0.05) is 0 Å². The fourth-order valence-electron chi connectivity index (χ4n) is 1.96. The van der Waals surface area contributed by atoms with Crippen LogP contribution in [0.1, 0.15) is 24.5 Å². The molecule has 0 amide bonds. The molecule has 0 aliphatic carbocycles. The molecule has 0 saturated carbocycles. The summed E-state index contributed by atoms with van der Waals surface area (Å²) < 4.78 is 5.46. The van der Waals surface area contributed by atoms with Crippen LogP contribution in [0.2, 0.25) is 0 Å². The first kappa shape index (κ1) is 11.4. The Morgan fingerprint density at radius 1 is 1.29 bits per heavy atom. The molecule has 4 nitrogen and oxygen atoms in total. The third-order valence-corrected chi connectivity index (χ3v) is 2.99. The van der Waals surface area contributed by atoms with Crippen LogP contribution in [0.3, 0.4) is 0 Å². The second-order valence-corrected chi connectivity index (χ2v) is 4.10. The Hall–Kier alpha value is -2.04. The number of ether oxygens (including phenoxy) is 1. The summed E-state index contributed by atoms with van der Waals surface area (Å²) in [4.78, 5) is 0. The zero-order chi connectivity index (χ0) is 12.3. The number of nitriles is 2. The summed E-state index contributed by atoms with van der Waals surface area (Å²) in [6.45, 7) is 2.79. The van der Waals surface area contributed by atoms with E-state index >= 15 is 0 Å². The lowest BCUT2D eigenvalue weighted by Crippen LogP contribution is -2.26. The van der Waals surface area contributed by atoms with Gasteiger partial charge in [0.15, 0.2) is 0 Å². The average Bonchev–Trinajstić information content (AvgIpc) is 2.75. The molecule has 0 bridgehead atoms. The van der Waals surface area contributed by atoms with Crippen LogP contribution in [0.5, 0.6) is 0 Å². The third-order valence-electron chi connectivity index (χ3n) is 2.99. The summed E-state index contributed by atoms with van der Waals surface area (Å²) >= 11 is 0. The lowest BCUT2D eigenvalue weighted by Gasteiger charge is -2.17. The van der Waals surface area contributed by atoms with Crippen LogP contribution in [0, 0.1) is 22.7 Å². The second-order valence-electron chi connectivity index (χ2n) is 4.10. The topological polar surface area (TPSA) is 68.8 Å². The van der Waals surface area contributed by atoms with Gasteiger partial charge in [-0.15, -0.1) is 0 Å². The van der Waals surface area contributed by atoms with E-state index in [1.54, 1.807) is 12.1 Å². The fraction of sp³-hybridized carbons (Fsp3) is 0.385. The second kappa shape index (κ2) is 4.86. The van der Waals surface area contributed by atoms with Gasteiger partial charge < -0.3 is 10.1 Å². The average molecular weight is 227 g/mol. The maximum absolute atomic E-state index is 8.93. The molecule has 1 aromatic rings. The number of hydrogen-bond donors (Lipinski definition) is 1. The van der Waals surface area contributed by atoms with E-state index in [-0.39, 0.29) is 12.1 Å². The number of anilines is 1. The van der Waals surface area contributed by atoms with Crippen molar-refractivity contribution in [3.63, 3.8) is 0 Å². The molecule has 1 aromatic carbocycles. The van der Waals surface area contributed by atoms with Crippen molar-refractivity contribution >= 4 is 5.69 Å². The highest BCUT2D eigenvalue weighted by atomic mass is 16.5. The summed E-state index contributed by atoms with van der Waals surface area (Å²) in [6, 6.07) is 9.51. The summed E-state index contributed by atoms with van der Waals surface area (Å²) in [6.07, 6.45) is 1.14. The summed E-state index contributed by atoms with van der Waals surface area (Å²) in [5.41, 5.74) is 1.68. The van der Waals surface area contributed by atoms with Crippen molar-refractivity contribution in [1.29, 1.82) is 10.5 Å². The minimum absolute atomic E-state index is 0.177. The molecule has 0 radical (unpaired) electrons. The van der Waals surface area contributed by atoms with Crippen LogP contribution in [0.25, 0.3) is 0 Å². The molecule has 1 heterocycles. The molecule has 1 aliphatic rings. The quantitative estimate of drug-likeness (QED) is 0.839. The predicted octanol–water partition coefficient (Wildman–Crippen LogP) is 2.02. The van der Waals surface area contributed by atoms with Crippen molar-refractivity contribution in [2.24, 2.45) is 0 Å². The van der Waals surface area contributed by atoms with Crippen molar-refractivity contribution in [3.8, 4) is 12.1 Å². The summed E-state index contributed by atoms with van der Waals surface area (Å²) in [5, 5.41) is 21.1. The van der Waals surface area contributed by atoms with E-state index in [1.165, 1.54) is 0 Å². The van der Waals surface area contributed by atoms with Crippen LogP contribution < -0.4 is 5.32 Å². The minimum Gasteiger partial charge on any atom is -0.380 e. The Bertz CT molecular complexity index is 498. The van der Waals surface area contributed by atoms with E-state index in [9.17, 15) is 0 Å². The zero-order valence-corrected chi connectivity index (χ0v) is 9.60. The number of nitrogens with one attached hydrogen (secondary N) is 1. The van der Waals surface area contributed by atoms with E-state index in [0.29, 0.717) is 11.1 Å². The summed E-state index contributed by atoms with van der Waals surface area (Å²) in [7, 11) is 0. The van der Waals surface area contributed by atoms with Gasteiger partial charge in [0.05, 0.1) is 23.3 Å². The molecule has 2 atom stereocenters. The van der Waals surface area contributed by atoms with Crippen LogP contribution in [-0.4, -0.2) is 18.8 Å². The highest BCUT2D eigenvalue weighted by molar-refractivity contribution is 5.56. The van der Waals surface area contributed by atoms with Crippen molar-refractivity contribution in [3.05, 3.63) is 29.3 Å². The number of benzene rings is 1. The normalized spacial score (nSPS) is 22.8. The Kier molecular flexibility index (Phi) is 3.27. The maximum Gasteiger partial charge on any atom is 0.101 e. The van der Waals surface area contributed by atoms with Gasteiger partial charge >= 0.3 is 0 Å². The molecule has 1 aliphatic heterocycles. The van der Waals surface area contributed by atoms with E-state index < -0.39 is 0 Å². The van der Waals surface area contributed by atoms with Crippen molar-refractivity contribution in [2.45, 2.75) is 25.5 Å². The highest BCUT2D eigenvalue weighted by Crippen LogP contribution is 2.20. The molecule has 2 unspecified atom stereocenters.